The second-order valence-electron chi connectivity index (χ2n) is 7.55. The Bertz CT molecular complexity index is 1310. The van der Waals surface area contributed by atoms with Crippen molar-refractivity contribution >= 4 is 45.0 Å². The summed E-state index contributed by atoms with van der Waals surface area (Å²) in [4.78, 5) is 0. The Morgan fingerprint density at radius 2 is 1.37 bits per heavy atom. The van der Waals surface area contributed by atoms with Crippen molar-refractivity contribution in [3.8, 4) is 0 Å². The van der Waals surface area contributed by atoms with Crippen molar-refractivity contribution in [1.82, 2.24) is 9.13 Å². The third-order valence-corrected chi connectivity index (χ3v) is 6.36. The van der Waals surface area contributed by atoms with Crippen molar-refractivity contribution in [1.29, 1.82) is 0 Å². The summed E-state index contributed by atoms with van der Waals surface area (Å²) in [6.07, 6.45) is 4.19. The average Bonchev–Trinajstić information content (AvgIpc) is 3.42. The first-order chi connectivity index (χ1) is 14.5. The van der Waals surface area contributed by atoms with Gasteiger partial charge in [-0.1, -0.05) is 35.3 Å². The van der Waals surface area contributed by atoms with Gasteiger partial charge in [-0.15, -0.1) is 0 Å². The molecule has 5 rings (SSSR count). The fourth-order valence-electron chi connectivity index (χ4n) is 4.42. The monoisotopic (exact) mass is 438 g/mol. The van der Waals surface area contributed by atoms with E-state index in [9.17, 15) is 5.11 Å². The van der Waals surface area contributed by atoms with E-state index in [4.69, 9.17) is 27.6 Å². The molecule has 0 fully saturated rings. The second-order valence-corrected chi connectivity index (χ2v) is 8.37. The topological polar surface area (TPSA) is 43.2 Å². The van der Waals surface area contributed by atoms with Gasteiger partial charge >= 0.3 is 0 Å². The lowest BCUT2D eigenvalue weighted by atomic mass is 9.88. The van der Waals surface area contributed by atoms with E-state index in [1.165, 1.54) is 0 Å². The molecular formula is C24H20Cl2N2O2. The number of hydrogen-bond donors (Lipinski definition) is 1. The standard InChI is InChI=1S/C24H20Cl2N2O2/c1-27-11-15(23-17(25)5-3-7-19(23)27)22(21-10-9-14(13-29)30-21)16-12-28(2)20-8-4-6-18(26)24(16)20/h3-12,22,29H,13H2,1-2H3. The number of furan rings is 1. The summed E-state index contributed by atoms with van der Waals surface area (Å²) in [7, 11) is 4.02. The Kier molecular flexibility index (Phi) is 4.66. The number of halogens is 2. The van der Waals surface area contributed by atoms with Crippen LogP contribution in [0, 0.1) is 0 Å². The molecule has 0 amide bonds. The van der Waals surface area contributed by atoms with Gasteiger partial charge in [0.2, 0.25) is 0 Å². The molecule has 0 aliphatic carbocycles. The van der Waals surface area contributed by atoms with E-state index < -0.39 is 0 Å². The van der Waals surface area contributed by atoms with Gasteiger partial charge in [0.15, 0.2) is 0 Å². The fourth-order valence-corrected chi connectivity index (χ4v) is 4.97. The highest BCUT2D eigenvalue weighted by Gasteiger charge is 2.29. The van der Waals surface area contributed by atoms with Gasteiger partial charge in [0, 0.05) is 48.3 Å². The quantitative estimate of drug-likeness (QED) is 0.360. The third-order valence-electron chi connectivity index (χ3n) is 5.73. The summed E-state index contributed by atoms with van der Waals surface area (Å²) in [6, 6.07) is 15.6. The molecule has 0 aliphatic heterocycles. The summed E-state index contributed by atoms with van der Waals surface area (Å²) >= 11 is 13.3. The predicted molar refractivity (Wildman–Crippen MR) is 121 cm³/mol. The van der Waals surface area contributed by atoms with Gasteiger partial charge in [-0.05, 0) is 47.5 Å². The molecule has 0 radical (unpaired) electrons. The van der Waals surface area contributed by atoms with Crippen molar-refractivity contribution in [3.05, 3.63) is 93.6 Å². The first-order valence-electron chi connectivity index (χ1n) is 9.66. The fraction of sp³-hybridized carbons (Fsp3) is 0.167. The molecular weight excluding hydrogens is 419 g/mol. The molecule has 30 heavy (non-hydrogen) atoms. The van der Waals surface area contributed by atoms with Crippen LogP contribution in [0.4, 0.5) is 0 Å². The Morgan fingerprint density at radius 1 is 0.833 bits per heavy atom. The molecule has 3 heterocycles. The molecule has 2 aromatic carbocycles. The number of fused-ring (bicyclic) bond motifs is 2. The van der Waals surface area contributed by atoms with Crippen molar-refractivity contribution in [2.75, 3.05) is 0 Å². The molecule has 1 N–H and O–H groups in total. The molecule has 6 heteroatoms. The van der Waals surface area contributed by atoms with E-state index in [1.807, 2.05) is 50.5 Å². The number of benzene rings is 2. The summed E-state index contributed by atoms with van der Waals surface area (Å²) in [5.41, 5.74) is 4.15. The number of hydrogen-bond acceptors (Lipinski definition) is 2. The summed E-state index contributed by atoms with van der Waals surface area (Å²) in [6.45, 7) is -0.153. The Morgan fingerprint density at radius 3 is 1.83 bits per heavy atom. The van der Waals surface area contributed by atoms with Crippen LogP contribution in [0.5, 0.6) is 0 Å². The molecule has 0 spiro atoms. The van der Waals surface area contributed by atoms with Gasteiger partial charge in [-0.25, -0.2) is 0 Å². The van der Waals surface area contributed by atoms with Crippen LogP contribution in [0.15, 0.2) is 65.3 Å². The van der Waals surface area contributed by atoms with Crippen LogP contribution in [-0.2, 0) is 20.7 Å². The summed E-state index contributed by atoms with van der Waals surface area (Å²) in [5.74, 6) is 1.02. The maximum atomic E-state index is 9.57. The molecule has 0 aliphatic rings. The lowest BCUT2D eigenvalue weighted by molar-refractivity contribution is 0.243. The molecule has 0 unspecified atom stereocenters. The van der Waals surface area contributed by atoms with Crippen LogP contribution in [0.3, 0.4) is 0 Å². The van der Waals surface area contributed by atoms with Gasteiger partial charge in [0.05, 0.1) is 16.0 Å². The predicted octanol–water partition coefficient (Wildman–Crippen LogP) is 6.24. The van der Waals surface area contributed by atoms with Crippen LogP contribution in [0.1, 0.15) is 28.6 Å². The highest BCUT2D eigenvalue weighted by Crippen LogP contribution is 2.44. The van der Waals surface area contributed by atoms with E-state index in [1.54, 1.807) is 0 Å². The number of aromatic nitrogens is 2. The van der Waals surface area contributed by atoms with Gasteiger partial charge in [-0.2, -0.15) is 0 Å². The molecule has 0 bridgehead atoms. The molecule has 4 nitrogen and oxygen atoms in total. The molecule has 0 atom stereocenters. The van der Waals surface area contributed by atoms with Crippen molar-refractivity contribution < 1.29 is 9.52 Å². The largest absolute Gasteiger partial charge is 0.463 e. The lowest BCUT2D eigenvalue weighted by Gasteiger charge is -2.15. The lowest BCUT2D eigenvalue weighted by Crippen LogP contribution is -2.02. The zero-order valence-corrected chi connectivity index (χ0v) is 18.1. The van der Waals surface area contributed by atoms with E-state index in [0.29, 0.717) is 15.8 Å². The Labute approximate surface area is 183 Å². The zero-order chi connectivity index (χ0) is 21.0. The van der Waals surface area contributed by atoms with Gasteiger partial charge in [-0.3, -0.25) is 0 Å². The zero-order valence-electron chi connectivity index (χ0n) is 16.6. The van der Waals surface area contributed by atoms with Crippen LogP contribution in [0.2, 0.25) is 10.0 Å². The number of aliphatic hydroxyl groups excluding tert-OH is 1. The number of nitrogens with zero attached hydrogens (tertiary/aromatic N) is 2. The average molecular weight is 439 g/mol. The Hall–Kier alpha value is -2.66. The normalized spacial score (nSPS) is 11.9. The SMILES string of the molecule is Cn1cc(C(c2ccc(CO)o2)c2cn(C)c3cccc(Cl)c23)c2c(Cl)cccc21. The minimum absolute atomic E-state index is 0.153. The minimum atomic E-state index is -0.238. The molecule has 0 saturated heterocycles. The van der Waals surface area contributed by atoms with Crippen LogP contribution in [-0.4, -0.2) is 14.2 Å². The summed E-state index contributed by atoms with van der Waals surface area (Å²) in [5, 5.41) is 12.9. The number of aryl methyl sites for hydroxylation is 2. The van der Waals surface area contributed by atoms with Crippen molar-refractivity contribution in [3.63, 3.8) is 0 Å². The van der Waals surface area contributed by atoms with Crippen LogP contribution < -0.4 is 0 Å². The van der Waals surface area contributed by atoms with Gasteiger partial charge < -0.3 is 18.7 Å². The molecule has 5 aromatic rings. The van der Waals surface area contributed by atoms with E-state index in [0.717, 1.165) is 38.7 Å². The number of aliphatic hydroxyl groups is 1. The smallest absolute Gasteiger partial charge is 0.129 e. The second kappa shape index (κ2) is 7.24. The Balaban J connectivity index is 1.88. The van der Waals surface area contributed by atoms with E-state index >= 15 is 0 Å². The third kappa shape index (κ3) is 2.87. The maximum Gasteiger partial charge on any atom is 0.129 e. The van der Waals surface area contributed by atoms with E-state index in [2.05, 4.69) is 33.7 Å². The number of rotatable bonds is 4. The molecule has 3 aromatic heterocycles. The van der Waals surface area contributed by atoms with Gasteiger partial charge in [0.25, 0.3) is 0 Å². The van der Waals surface area contributed by atoms with E-state index in [-0.39, 0.29) is 12.5 Å². The maximum absolute atomic E-state index is 9.57. The van der Waals surface area contributed by atoms with Crippen LogP contribution in [0.25, 0.3) is 21.8 Å². The first kappa shape index (κ1) is 19.3. The molecule has 0 saturated carbocycles. The van der Waals surface area contributed by atoms with Crippen LogP contribution >= 0.6 is 23.2 Å². The minimum Gasteiger partial charge on any atom is -0.463 e. The highest BCUT2D eigenvalue weighted by molar-refractivity contribution is 6.36. The highest BCUT2D eigenvalue weighted by atomic mass is 35.5. The van der Waals surface area contributed by atoms with Crippen molar-refractivity contribution in [2.24, 2.45) is 14.1 Å². The molecule has 152 valence electrons. The van der Waals surface area contributed by atoms with Gasteiger partial charge in [0.1, 0.15) is 18.1 Å². The van der Waals surface area contributed by atoms with Crippen molar-refractivity contribution in [2.45, 2.75) is 12.5 Å². The summed E-state index contributed by atoms with van der Waals surface area (Å²) < 4.78 is 10.2. The first-order valence-corrected chi connectivity index (χ1v) is 10.4.